The highest BCUT2D eigenvalue weighted by molar-refractivity contribution is 6.38. The molecule has 1 N–H and O–H groups in total. The molecule has 0 spiro atoms. The van der Waals surface area contributed by atoms with Crippen LogP contribution in [-0.4, -0.2) is 4.98 Å². The van der Waals surface area contributed by atoms with Crippen LogP contribution in [-0.2, 0) is 6.42 Å². The maximum absolute atomic E-state index is 6.18. The van der Waals surface area contributed by atoms with Gasteiger partial charge in [-0.1, -0.05) is 62.2 Å². The number of unbranched alkanes of at least 4 members (excludes halogenated alkanes) is 5. The molecule has 0 atom stereocenters. The molecule has 0 unspecified atom stereocenters. The summed E-state index contributed by atoms with van der Waals surface area (Å²) in [4.78, 5) is 3.40. The van der Waals surface area contributed by atoms with E-state index in [1.807, 2.05) is 6.07 Å². The number of H-pyrrole nitrogens is 1. The molecule has 0 aliphatic rings. The zero-order chi connectivity index (χ0) is 13.7. The van der Waals surface area contributed by atoms with Crippen molar-refractivity contribution >= 4 is 34.1 Å². The molecule has 19 heavy (non-hydrogen) atoms. The molecule has 0 saturated heterocycles. The summed E-state index contributed by atoms with van der Waals surface area (Å²) in [7, 11) is 0. The monoisotopic (exact) mass is 297 g/mol. The summed E-state index contributed by atoms with van der Waals surface area (Å²) in [6.07, 6.45) is 9.02. The van der Waals surface area contributed by atoms with Gasteiger partial charge in [0.25, 0.3) is 0 Å². The first kappa shape index (κ1) is 14.7. The maximum atomic E-state index is 6.18. The van der Waals surface area contributed by atoms with Crippen LogP contribution in [0.3, 0.4) is 0 Å². The zero-order valence-corrected chi connectivity index (χ0v) is 12.9. The number of rotatable bonds is 7. The largest absolute Gasteiger partial charge is 0.357 e. The van der Waals surface area contributed by atoms with Crippen LogP contribution >= 0.6 is 23.2 Å². The van der Waals surface area contributed by atoms with E-state index in [1.165, 1.54) is 44.2 Å². The van der Waals surface area contributed by atoms with Crippen molar-refractivity contribution in [3.63, 3.8) is 0 Å². The number of fused-ring (bicyclic) bond motifs is 1. The van der Waals surface area contributed by atoms with Crippen LogP contribution in [0.4, 0.5) is 0 Å². The molecule has 0 amide bonds. The Hall–Kier alpha value is -0.660. The SMILES string of the molecule is CCCCCCCCc1cc2cc(Cl)cc(Cl)c2[nH]1. The molecular weight excluding hydrogens is 277 g/mol. The van der Waals surface area contributed by atoms with Crippen LogP contribution in [0.2, 0.25) is 10.0 Å². The topological polar surface area (TPSA) is 15.8 Å². The molecular formula is C16H21Cl2N. The lowest BCUT2D eigenvalue weighted by molar-refractivity contribution is 0.605. The van der Waals surface area contributed by atoms with Crippen molar-refractivity contribution in [1.29, 1.82) is 0 Å². The minimum absolute atomic E-state index is 0.697. The number of aryl methyl sites for hydroxylation is 1. The Morgan fingerprint density at radius 2 is 1.68 bits per heavy atom. The molecule has 1 nitrogen and oxygen atoms in total. The molecule has 1 aromatic carbocycles. The number of aromatic amines is 1. The minimum atomic E-state index is 0.697. The molecule has 0 saturated carbocycles. The fourth-order valence-electron chi connectivity index (χ4n) is 2.45. The van der Waals surface area contributed by atoms with E-state index >= 15 is 0 Å². The van der Waals surface area contributed by atoms with Crippen LogP contribution in [0.5, 0.6) is 0 Å². The highest BCUT2D eigenvalue weighted by atomic mass is 35.5. The highest BCUT2D eigenvalue weighted by Gasteiger charge is 2.06. The number of halogens is 2. The summed E-state index contributed by atoms with van der Waals surface area (Å²) in [5.74, 6) is 0. The third-order valence-electron chi connectivity index (χ3n) is 3.50. The van der Waals surface area contributed by atoms with E-state index in [0.717, 1.165) is 17.3 Å². The van der Waals surface area contributed by atoms with Gasteiger partial charge >= 0.3 is 0 Å². The smallest absolute Gasteiger partial charge is 0.0661 e. The Morgan fingerprint density at radius 1 is 0.947 bits per heavy atom. The zero-order valence-electron chi connectivity index (χ0n) is 11.4. The molecule has 3 heteroatoms. The Labute approximate surface area is 125 Å². The fourth-order valence-corrected chi connectivity index (χ4v) is 3.01. The van der Waals surface area contributed by atoms with Gasteiger partial charge in [-0.05, 0) is 31.0 Å². The van der Waals surface area contributed by atoms with Crippen molar-refractivity contribution in [2.45, 2.75) is 51.9 Å². The fraction of sp³-hybridized carbons (Fsp3) is 0.500. The van der Waals surface area contributed by atoms with E-state index < -0.39 is 0 Å². The van der Waals surface area contributed by atoms with Gasteiger partial charge in [0, 0.05) is 16.1 Å². The molecule has 2 aromatic rings. The number of hydrogen-bond donors (Lipinski definition) is 1. The predicted molar refractivity (Wildman–Crippen MR) is 85.4 cm³/mol. The number of benzene rings is 1. The maximum Gasteiger partial charge on any atom is 0.0661 e. The van der Waals surface area contributed by atoms with Gasteiger partial charge in [-0.15, -0.1) is 0 Å². The lowest BCUT2D eigenvalue weighted by Crippen LogP contribution is -1.86. The molecule has 0 bridgehead atoms. The molecule has 0 aliphatic carbocycles. The lowest BCUT2D eigenvalue weighted by Gasteiger charge is -1.99. The Bertz CT molecular complexity index is 531. The predicted octanol–water partition coefficient (Wildman–Crippen LogP) is 6.38. The van der Waals surface area contributed by atoms with Gasteiger partial charge in [0.05, 0.1) is 10.5 Å². The third-order valence-corrected chi connectivity index (χ3v) is 4.02. The average Bonchev–Trinajstić information content (AvgIpc) is 2.76. The van der Waals surface area contributed by atoms with Crippen molar-refractivity contribution in [3.8, 4) is 0 Å². The first-order valence-corrected chi connectivity index (χ1v) is 7.93. The first-order chi connectivity index (χ1) is 9.20. The van der Waals surface area contributed by atoms with Gasteiger partial charge < -0.3 is 4.98 Å². The molecule has 0 radical (unpaired) electrons. The van der Waals surface area contributed by atoms with Crippen LogP contribution in [0.25, 0.3) is 10.9 Å². The number of nitrogens with one attached hydrogen (secondary N) is 1. The lowest BCUT2D eigenvalue weighted by atomic mass is 10.1. The van der Waals surface area contributed by atoms with Gasteiger partial charge in [-0.3, -0.25) is 0 Å². The Morgan fingerprint density at radius 3 is 2.47 bits per heavy atom. The van der Waals surface area contributed by atoms with E-state index in [2.05, 4.69) is 18.0 Å². The first-order valence-electron chi connectivity index (χ1n) is 7.17. The Kier molecular flexibility index (Phi) is 5.59. The van der Waals surface area contributed by atoms with E-state index in [0.29, 0.717) is 10.0 Å². The second kappa shape index (κ2) is 7.21. The van der Waals surface area contributed by atoms with Crippen LogP contribution in [0.15, 0.2) is 18.2 Å². The van der Waals surface area contributed by atoms with Crippen molar-refractivity contribution in [1.82, 2.24) is 4.98 Å². The summed E-state index contributed by atoms with van der Waals surface area (Å²) < 4.78 is 0. The van der Waals surface area contributed by atoms with Crippen LogP contribution in [0.1, 0.15) is 51.1 Å². The van der Waals surface area contributed by atoms with E-state index in [4.69, 9.17) is 23.2 Å². The molecule has 1 heterocycles. The summed E-state index contributed by atoms with van der Waals surface area (Å²) >= 11 is 12.2. The normalized spacial score (nSPS) is 11.3. The van der Waals surface area contributed by atoms with Crippen molar-refractivity contribution in [2.75, 3.05) is 0 Å². The van der Waals surface area contributed by atoms with Crippen molar-refractivity contribution in [2.24, 2.45) is 0 Å². The van der Waals surface area contributed by atoms with Gasteiger partial charge in [0.1, 0.15) is 0 Å². The second-order valence-electron chi connectivity index (χ2n) is 5.16. The molecule has 2 rings (SSSR count). The Balaban J connectivity index is 1.89. The molecule has 0 fully saturated rings. The summed E-state index contributed by atoms with van der Waals surface area (Å²) in [6.45, 7) is 2.25. The van der Waals surface area contributed by atoms with Gasteiger partial charge in [-0.25, -0.2) is 0 Å². The van der Waals surface area contributed by atoms with Crippen LogP contribution < -0.4 is 0 Å². The average molecular weight is 298 g/mol. The number of hydrogen-bond acceptors (Lipinski definition) is 0. The standard InChI is InChI=1S/C16H21Cl2N/c1-2-3-4-5-6-7-8-14-10-12-9-13(17)11-15(18)16(12)19-14/h9-11,19H,2-8H2,1H3. The van der Waals surface area contributed by atoms with Gasteiger partial charge in [0.15, 0.2) is 0 Å². The van der Waals surface area contributed by atoms with Crippen molar-refractivity contribution in [3.05, 3.63) is 33.9 Å². The van der Waals surface area contributed by atoms with E-state index in [1.54, 1.807) is 6.07 Å². The van der Waals surface area contributed by atoms with Crippen molar-refractivity contribution < 1.29 is 0 Å². The third kappa shape index (κ3) is 4.15. The second-order valence-corrected chi connectivity index (χ2v) is 6.01. The minimum Gasteiger partial charge on any atom is -0.357 e. The summed E-state index contributed by atoms with van der Waals surface area (Å²) in [5, 5.41) is 2.51. The quantitative estimate of drug-likeness (QED) is 0.571. The van der Waals surface area contributed by atoms with Gasteiger partial charge in [-0.2, -0.15) is 0 Å². The van der Waals surface area contributed by atoms with Gasteiger partial charge in [0.2, 0.25) is 0 Å². The molecule has 1 aromatic heterocycles. The van der Waals surface area contributed by atoms with E-state index in [9.17, 15) is 0 Å². The molecule has 104 valence electrons. The highest BCUT2D eigenvalue weighted by Crippen LogP contribution is 2.28. The number of aromatic nitrogens is 1. The molecule has 0 aliphatic heterocycles. The van der Waals surface area contributed by atoms with E-state index in [-0.39, 0.29) is 0 Å². The summed E-state index contributed by atoms with van der Waals surface area (Å²) in [6, 6.07) is 5.92. The van der Waals surface area contributed by atoms with Crippen LogP contribution in [0, 0.1) is 0 Å². The summed E-state index contributed by atoms with van der Waals surface area (Å²) in [5.41, 5.74) is 2.27.